The van der Waals surface area contributed by atoms with Crippen LogP contribution in [-0.4, -0.2) is 29.3 Å². The van der Waals surface area contributed by atoms with Gasteiger partial charge in [-0.25, -0.2) is 0 Å². The predicted octanol–water partition coefficient (Wildman–Crippen LogP) is 1.85. The van der Waals surface area contributed by atoms with Gasteiger partial charge in [-0.3, -0.25) is 4.79 Å². The van der Waals surface area contributed by atoms with E-state index in [9.17, 15) is 9.90 Å². The molecule has 0 bridgehead atoms. The molecule has 1 amide bonds. The van der Waals surface area contributed by atoms with Gasteiger partial charge in [-0.15, -0.1) is 0 Å². The molecule has 1 rings (SSSR count). The number of para-hydroxylation sites is 1. The van der Waals surface area contributed by atoms with Crippen LogP contribution in [-0.2, 0) is 11.2 Å². The van der Waals surface area contributed by atoms with Crippen LogP contribution in [0, 0.1) is 5.41 Å². The molecule has 0 aliphatic heterocycles. The average Bonchev–Trinajstić information content (AvgIpc) is 2.38. The molecule has 4 heteroatoms. The van der Waals surface area contributed by atoms with Gasteiger partial charge in [-0.2, -0.15) is 0 Å². The van der Waals surface area contributed by atoms with Crippen LogP contribution in [0.4, 0.5) is 0 Å². The molecular weight excluding hydrogens is 242 g/mol. The van der Waals surface area contributed by atoms with Crippen molar-refractivity contribution < 1.29 is 15.0 Å². The maximum atomic E-state index is 11.7. The third-order valence-electron chi connectivity index (χ3n) is 3.12. The summed E-state index contributed by atoms with van der Waals surface area (Å²) in [5, 5.41) is 21.5. The molecule has 0 radical (unpaired) electrons. The fourth-order valence-corrected chi connectivity index (χ4v) is 1.77. The SMILES string of the molecule is CC(C)(CO)CCCNC(=O)Cc1ccccc1O. The molecule has 0 saturated carbocycles. The summed E-state index contributed by atoms with van der Waals surface area (Å²) in [7, 11) is 0. The quantitative estimate of drug-likeness (QED) is 0.659. The number of benzene rings is 1. The summed E-state index contributed by atoms with van der Waals surface area (Å²) in [5.74, 6) is 0.0577. The zero-order valence-electron chi connectivity index (χ0n) is 11.6. The van der Waals surface area contributed by atoms with Crippen molar-refractivity contribution in [2.75, 3.05) is 13.2 Å². The fourth-order valence-electron chi connectivity index (χ4n) is 1.77. The minimum Gasteiger partial charge on any atom is -0.508 e. The van der Waals surface area contributed by atoms with E-state index in [4.69, 9.17) is 5.11 Å². The summed E-state index contributed by atoms with van der Waals surface area (Å²) in [6.07, 6.45) is 1.89. The Bertz CT molecular complexity index is 416. The Morgan fingerprint density at radius 3 is 2.63 bits per heavy atom. The van der Waals surface area contributed by atoms with E-state index in [0.717, 1.165) is 12.8 Å². The molecular formula is C15H23NO3. The van der Waals surface area contributed by atoms with Gasteiger partial charge in [0, 0.05) is 18.7 Å². The topological polar surface area (TPSA) is 69.6 Å². The number of hydrogen-bond acceptors (Lipinski definition) is 3. The second-order valence-electron chi connectivity index (χ2n) is 5.58. The first-order valence-electron chi connectivity index (χ1n) is 6.59. The van der Waals surface area contributed by atoms with E-state index >= 15 is 0 Å². The Balaban J connectivity index is 2.28. The van der Waals surface area contributed by atoms with E-state index in [1.165, 1.54) is 0 Å². The van der Waals surface area contributed by atoms with E-state index in [-0.39, 0.29) is 30.1 Å². The third kappa shape index (κ3) is 5.75. The number of amides is 1. The number of carbonyl (C=O) groups excluding carboxylic acids is 1. The molecule has 0 fully saturated rings. The Morgan fingerprint density at radius 2 is 2.00 bits per heavy atom. The third-order valence-corrected chi connectivity index (χ3v) is 3.12. The van der Waals surface area contributed by atoms with Crippen molar-refractivity contribution in [2.45, 2.75) is 33.1 Å². The first-order valence-corrected chi connectivity index (χ1v) is 6.59. The van der Waals surface area contributed by atoms with Crippen molar-refractivity contribution in [3.63, 3.8) is 0 Å². The van der Waals surface area contributed by atoms with Gasteiger partial charge in [0.1, 0.15) is 5.75 Å². The molecule has 0 spiro atoms. The number of aromatic hydroxyl groups is 1. The molecule has 1 aromatic carbocycles. The molecule has 106 valence electrons. The highest BCUT2D eigenvalue weighted by molar-refractivity contribution is 5.79. The van der Waals surface area contributed by atoms with Gasteiger partial charge in [0.2, 0.25) is 5.91 Å². The minimum atomic E-state index is -0.0948. The first-order chi connectivity index (χ1) is 8.94. The van der Waals surface area contributed by atoms with Crippen molar-refractivity contribution in [1.29, 1.82) is 0 Å². The van der Waals surface area contributed by atoms with Gasteiger partial charge in [-0.1, -0.05) is 32.0 Å². The summed E-state index contributed by atoms with van der Waals surface area (Å²) in [6, 6.07) is 6.84. The van der Waals surface area contributed by atoms with E-state index in [1.807, 2.05) is 13.8 Å². The number of rotatable bonds is 7. The minimum absolute atomic E-state index is 0.0942. The molecule has 0 aliphatic rings. The molecule has 0 aromatic heterocycles. The molecule has 3 N–H and O–H groups in total. The number of phenols is 1. The van der Waals surface area contributed by atoms with Crippen molar-refractivity contribution in [1.82, 2.24) is 5.32 Å². The smallest absolute Gasteiger partial charge is 0.224 e. The van der Waals surface area contributed by atoms with Crippen molar-refractivity contribution >= 4 is 5.91 Å². The van der Waals surface area contributed by atoms with Crippen LogP contribution in [0.2, 0.25) is 0 Å². The number of aliphatic hydroxyl groups excluding tert-OH is 1. The Morgan fingerprint density at radius 1 is 1.32 bits per heavy atom. The summed E-state index contributed by atoms with van der Waals surface area (Å²) in [5.41, 5.74) is 0.540. The Labute approximate surface area is 114 Å². The monoisotopic (exact) mass is 265 g/mol. The van der Waals surface area contributed by atoms with Crippen molar-refractivity contribution in [2.24, 2.45) is 5.41 Å². The first kappa shape index (κ1) is 15.5. The molecule has 4 nitrogen and oxygen atoms in total. The van der Waals surface area contributed by atoms with Crippen LogP contribution in [0.3, 0.4) is 0 Å². The van der Waals surface area contributed by atoms with Crippen LogP contribution in [0.25, 0.3) is 0 Å². The molecule has 0 aliphatic carbocycles. The molecule has 0 saturated heterocycles. The van der Waals surface area contributed by atoms with E-state index in [2.05, 4.69) is 5.32 Å². The summed E-state index contributed by atoms with van der Waals surface area (Å²) in [4.78, 5) is 11.7. The zero-order chi connectivity index (χ0) is 14.3. The van der Waals surface area contributed by atoms with Crippen LogP contribution in [0.15, 0.2) is 24.3 Å². The summed E-state index contributed by atoms with van der Waals surface area (Å²) in [6.45, 7) is 4.74. The summed E-state index contributed by atoms with van der Waals surface area (Å²) < 4.78 is 0. The lowest BCUT2D eigenvalue weighted by Crippen LogP contribution is -2.27. The van der Waals surface area contributed by atoms with Gasteiger partial charge < -0.3 is 15.5 Å². The van der Waals surface area contributed by atoms with Crippen LogP contribution >= 0.6 is 0 Å². The number of phenolic OH excluding ortho intramolecular Hbond substituents is 1. The highest BCUT2D eigenvalue weighted by Crippen LogP contribution is 2.20. The van der Waals surface area contributed by atoms with Crippen LogP contribution in [0.5, 0.6) is 5.75 Å². The highest BCUT2D eigenvalue weighted by Gasteiger charge is 2.15. The highest BCUT2D eigenvalue weighted by atomic mass is 16.3. The standard InChI is InChI=1S/C15H23NO3/c1-15(2,11-17)8-5-9-16-14(19)10-12-6-3-4-7-13(12)18/h3-4,6-7,17-18H,5,8-11H2,1-2H3,(H,16,19). The lowest BCUT2D eigenvalue weighted by molar-refractivity contribution is -0.120. The van der Waals surface area contributed by atoms with Gasteiger partial charge in [0.15, 0.2) is 0 Å². The zero-order valence-corrected chi connectivity index (χ0v) is 11.6. The molecule has 0 unspecified atom stereocenters. The second-order valence-corrected chi connectivity index (χ2v) is 5.58. The fraction of sp³-hybridized carbons (Fsp3) is 0.533. The van der Waals surface area contributed by atoms with Gasteiger partial charge >= 0.3 is 0 Å². The lowest BCUT2D eigenvalue weighted by atomic mass is 9.89. The van der Waals surface area contributed by atoms with E-state index < -0.39 is 0 Å². The average molecular weight is 265 g/mol. The van der Waals surface area contributed by atoms with Gasteiger partial charge in [0.25, 0.3) is 0 Å². The lowest BCUT2D eigenvalue weighted by Gasteiger charge is -2.21. The van der Waals surface area contributed by atoms with Gasteiger partial charge in [-0.05, 0) is 24.3 Å². The molecule has 1 aromatic rings. The largest absolute Gasteiger partial charge is 0.508 e. The predicted molar refractivity (Wildman–Crippen MR) is 74.9 cm³/mol. The van der Waals surface area contributed by atoms with Crippen LogP contribution < -0.4 is 5.32 Å². The maximum absolute atomic E-state index is 11.7. The number of aliphatic hydroxyl groups is 1. The maximum Gasteiger partial charge on any atom is 0.224 e. The number of hydrogen-bond donors (Lipinski definition) is 3. The van der Waals surface area contributed by atoms with Gasteiger partial charge in [0.05, 0.1) is 6.42 Å². The molecule has 0 heterocycles. The number of nitrogens with one attached hydrogen (secondary N) is 1. The molecule has 0 atom stereocenters. The second kappa shape index (κ2) is 7.14. The van der Waals surface area contributed by atoms with Crippen molar-refractivity contribution in [3.8, 4) is 5.75 Å². The normalized spacial score (nSPS) is 11.3. The number of carbonyl (C=O) groups is 1. The molecule has 19 heavy (non-hydrogen) atoms. The van der Waals surface area contributed by atoms with Crippen LogP contribution in [0.1, 0.15) is 32.3 Å². The van der Waals surface area contributed by atoms with E-state index in [0.29, 0.717) is 12.1 Å². The Kier molecular flexibility index (Phi) is 5.83. The van der Waals surface area contributed by atoms with E-state index in [1.54, 1.807) is 24.3 Å². The summed E-state index contributed by atoms with van der Waals surface area (Å²) >= 11 is 0. The van der Waals surface area contributed by atoms with Crippen molar-refractivity contribution in [3.05, 3.63) is 29.8 Å². The Hall–Kier alpha value is -1.55.